The smallest absolute Gasteiger partial charge is 1.00 e. The molecular weight excluding hydrogens is 294 g/mol. The summed E-state index contributed by atoms with van der Waals surface area (Å²) in [7, 11) is 0. The average Bonchev–Trinajstić information content (AvgIpc) is 2.59. The molecule has 0 atom stereocenters. The normalized spacial score (nSPS) is 20.4. The maximum atomic E-state index is 2.39. The van der Waals surface area contributed by atoms with Crippen LogP contribution in [0.25, 0.3) is 0 Å². The summed E-state index contributed by atoms with van der Waals surface area (Å²) in [5.41, 5.74) is 0. The Morgan fingerprint density at radius 1 is 1.07 bits per heavy atom. The van der Waals surface area contributed by atoms with Crippen LogP contribution in [0.5, 0.6) is 0 Å². The molecule has 0 nitrogen and oxygen atoms in total. The van der Waals surface area contributed by atoms with E-state index in [1.807, 2.05) is 3.28 Å². The molecule has 1 fully saturated rings. The standard InChI is InChI=1S/C6H11.C5H5.2ClH.Zr/c1-2-4-6-5-3-1;1-2-4-5-3-1;;;/h1H,2-6H2;1-3H,4H2;2*1H;/q;;;;+2/p-2. The number of halogens is 2. The van der Waals surface area contributed by atoms with E-state index in [0.29, 0.717) is 0 Å². The van der Waals surface area contributed by atoms with Gasteiger partial charge in [0.25, 0.3) is 0 Å². The molecule has 2 aliphatic carbocycles. The molecule has 0 amide bonds. The van der Waals surface area contributed by atoms with Crippen molar-refractivity contribution >= 4 is 0 Å². The molecule has 0 aliphatic heterocycles. The fraction of sp³-hybridized carbons (Fsp3) is 0.636. The first-order valence-electron chi connectivity index (χ1n) is 5.07. The Labute approximate surface area is 111 Å². The molecule has 0 bridgehead atoms. The molecule has 0 aromatic heterocycles. The van der Waals surface area contributed by atoms with Crippen molar-refractivity contribution in [2.75, 3.05) is 0 Å². The molecule has 0 heterocycles. The molecule has 2 rings (SSSR count). The van der Waals surface area contributed by atoms with Gasteiger partial charge in [0, 0.05) is 0 Å². The summed E-state index contributed by atoms with van der Waals surface area (Å²) < 4.78 is 3.03. The van der Waals surface area contributed by atoms with E-state index in [2.05, 4.69) is 18.2 Å². The molecule has 1 saturated carbocycles. The monoisotopic (exact) mass is 308 g/mol. The van der Waals surface area contributed by atoms with Crippen LogP contribution >= 0.6 is 0 Å². The second-order valence-electron chi connectivity index (χ2n) is 3.80. The minimum absolute atomic E-state index is 0. The molecule has 0 aromatic carbocycles. The maximum Gasteiger partial charge on any atom is -1.00 e. The van der Waals surface area contributed by atoms with Gasteiger partial charge in [0.15, 0.2) is 0 Å². The minimum atomic E-state index is -0.137. The predicted molar refractivity (Wildman–Crippen MR) is 48.7 cm³/mol. The van der Waals surface area contributed by atoms with E-state index in [9.17, 15) is 0 Å². The van der Waals surface area contributed by atoms with Gasteiger partial charge in [0.2, 0.25) is 0 Å². The van der Waals surface area contributed by atoms with Gasteiger partial charge in [-0.3, -0.25) is 0 Å². The van der Waals surface area contributed by atoms with Crippen LogP contribution in [-0.4, -0.2) is 0 Å². The number of rotatable bonds is 2. The molecule has 0 radical (unpaired) electrons. The van der Waals surface area contributed by atoms with Crippen LogP contribution in [0.1, 0.15) is 38.5 Å². The van der Waals surface area contributed by atoms with Gasteiger partial charge in [-0.2, -0.15) is 0 Å². The van der Waals surface area contributed by atoms with Crippen molar-refractivity contribution in [1.82, 2.24) is 0 Å². The Balaban J connectivity index is 0.000000845. The first-order chi connectivity index (χ1) is 5.95. The third-order valence-corrected chi connectivity index (χ3v) is 7.01. The van der Waals surface area contributed by atoms with Crippen molar-refractivity contribution in [2.45, 2.75) is 42.2 Å². The molecule has 2 aliphatic rings. The zero-order valence-corrected chi connectivity index (χ0v) is 12.3. The van der Waals surface area contributed by atoms with E-state index in [1.165, 1.54) is 29.3 Å². The van der Waals surface area contributed by atoms with Gasteiger partial charge < -0.3 is 24.8 Å². The van der Waals surface area contributed by atoms with Gasteiger partial charge in [0.1, 0.15) is 0 Å². The Morgan fingerprint density at radius 2 is 1.79 bits per heavy atom. The summed E-state index contributed by atoms with van der Waals surface area (Å²) in [6.07, 6.45) is 15.9. The molecule has 14 heavy (non-hydrogen) atoms. The Kier molecular flexibility index (Phi) is 8.68. The number of hydrogen-bond acceptors (Lipinski definition) is 0. The van der Waals surface area contributed by atoms with Crippen LogP contribution < -0.4 is 24.8 Å². The summed E-state index contributed by atoms with van der Waals surface area (Å²) in [5.74, 6) is 0. The molecule has 3 heteroatoms. The first-order valence-corrected chi connectivity index (χ1v) is 7.72. The fourth-order valence-electron chi connectivity index (χ4n) is 2.06. The average molecular weight is 310 g/mol. The molecule has 0 unspecified atom stereocenters. The van der Waals surface area contributed by atoms with Crippen LogP contribution in [-0.2, 0) is 23.2 Å². The second-order valence-corrected chi connectivity index (χ2v) is 8.10. The zero-order chi connectivity index (χ0) is 8.23. The van der Waals surface area contributed by atoms with Crippen LogP contribution in [0.3, 0.4) is 0 Å². The van der Waals surface area contributed by atoms with Crippen molar-refractivity contribution in [1.29, 1.82) is 0 Å². The fourth-order valence-corrected chi connectivity index (χ4v) is 6.12. The van der Waals surface area contributed by atoms with Crippen LogP contribution in [0.4, 0.5) is 0 Å². The summed E-state index contributed by atoms with van der Waals surface area (Å²) in [5, 5.41) is 0. The van der Waals surface area contributed by atoms with Crippen molar-refractivity contribution in [3.05, 3.63) is 21.5 Å². The summed E-state index contributed by atoms with van der Waals surface area (Å²) in [6.45, 7) is 0. The Hall–Kier alpha value is 0.943. The Bertz CT molecular complexity index is 205. The molecular formula is C11H16Cl2Zr. The van der Waals surface area contributed by atoms with Gasteiger partial charge in [-0.25, -0.2) is 0 Å². The first kappa shape index (κ1) is 14.9. The predicted octanol–water partition coefficient (Wildman–Crippen LogP) is -2.33. The van der Waals surface area contributed by atoms with E-state index in [-0.39, 0.29) is 48.0 Å². The van der Waals surface area contributed by atoms with Gasteiger partial charge in [-0.1, -0.05) is 0 Å². The Morgan fingerprint density at radius 3 is 2.36 bits per heavy atom. The number of allylic oxidation sites excluding steroid dienone is 4. The molecule has 0 spiro atoms. The van der Waals surface area contributed by atoms with Crippen molar-refractivity contribution in [3.8, 4) is 0 Å². The van der Waals surface area contributed by atoms with Crippen molar-refractivity contribution < 1.29 is 48.0 Å². The van der Waals surface area contributed by atoms with Crippen LogP contribution in [0.15, 0.2) is 21.5 Å². The largest absolute Gasteiger partial charge is 1.00 e. The van der Waals surface area contributed by atoms with Gasteiger partial charge in [0.05, 0.1) is 0 Å². The van der Waals surface area contributed by atoms with Crippen molar-refractivity contribution in [2.24, 2.45) is 0 Å². The molecule has 0 N–H and O–H groups in total. The third kappa shape index (κ3) is 4.64. The van der Waals surface area contributed by atoms with E-state index in [0.717, 1.165) is 0 Å². The van der Waals surface area contributed by atoms with Gasteiger partial charge in [-0.05, 0) is 0 Å². The van der Waals surface area contributed by atoms with Gasteiger partial charge >= 0.3 is 86.9 Å². The summed E-state index contributed by atoms with van der Waals surface area (Å²) >= 11 is -0.137. The quantitative estimate of drug-likeness (QED) is 0.537. The van der Waals surface area contributed by atoms with E-state index < -0.39 is 0 Å². The molecule has 0 saturated heterocycles. The van der Waals surface area contributed by atoms with E-state index in [4.69, 9.17) is 0 Å². The summed E-state index contributed by atoms with van der Waals surface area (Å²) in [4.78, 5) is 0. The third-order valence-electron chi connectivity index (χ3n) is 2.77. The summed E-state index contributed by atoms with van der Waals surface area (Å²) in [6, 6.07) is 0. The maximum absolute atomic E-state index is 2.39. The van der Waals surface area contributed by atoms with Crippen molar-refractivity contribution in [3.63, 3.8) is 0 Å². The SMILES string of the molecule is C1=CC[C]([Zr+2][CH]2CCCCC2)=C1.[Cl-].[Cl-]. The van der Waals surface area contributed by atoms with E-state index >= 15 is 0 Å². The molecule has 78 valence electrons. The minimum Gasteiger partial charge on any atom is -1.00 e. The van der Waals surface area contributed by atoms with Crippen LogP contribution in [0.2, 0.25) is 3.63 Å². The van der Waals surface area contributed by atoms with Gasteiger partial charge in [-0.15, -0.1) is 0 Å². The van der Waals surface area contributed by atoms with Crippen LogP contribution in [0, 0.1) is 0 Å². The second kappa shape index (κ2) is 8.14. The number of hydrogen-bond donors (Lipinski definition) is 0. The molecule has 0 aromatic rings. The van der Waals surface area contributed by atoms with E-state index in [1.54, 1.807) is 12.8 Å². The zero-order valence-electron chi connectivity index (χ0n) is 8.31. The topological polar surface area (TPSA) is 0 Å².